The minimum absolute atomic E-state index is 0.125. The Balaban J connectivity index is 1.00. The van der Waals surface area contributed by atoms with Crippen molar-refractivity contribution in [2.24, 2.45) is 0 Å². The largest absolute Gasteiger partial charge is 0.457 e. The Morgan fingerprint density at radius 3 is 2.08 bits per heavy atom. The van der Waals surface area contributed by atoms with Crippen LogP contribution in [0.2, 0.25) is 0 Å². The molecule has 0 atom stereocenters. The second-order valence-electron chi connectivity index (χ2n) is 16.6. The lowest BCUT2D eigenvalue weighted by Crippen LogP contribution is -2.24. The monoisotopic (exact) mass is 766 g/mol. The number of hydrogen-bond donors (Lipinski definition) is 0. The zero-order valence-electron chi connectivity index (χ0n) is 33.5. The third kappa shape index (κ3) is 5.82. The minimum atomic E-state index is -0.125. The van der Waals surface area contributed by atoms with Crippen LogP contribution in [0.5, 0.6) is 11.5 Å². The van der Waals surface area contributed by atoms with Crippen LogP contribution in [-0.4, -0.2) is 16.2 Å². The quantitative estimate of drug-likeness (QED) is 0.169. The zero-order valence-corrected chi connectivity index (χ0v) is 33.5. The second kappa shape index (κ2) is 13.4. The summed E-state index contributed by atoms with van der Waals surface area (Å²) in [6, 6.07) is 57.6. The Morgan fingerprint density at radius 2 is 1.27 bits per heavy atom. The molecule has 1 aliphatic heterocycles. The van der Waals surface area contributed by atoms with Crippen LogP contribution in [0.25, 0.3) is 60.7 Å². The summed E-state index contributed by atoms with van der Waals surface area (Å²) in [5.41, 5.74) is 12.9. The van der Waals surface area contributed by atoms with Crippen molar-refractivity contribution in [3.8, 4) is 28.4 Å². The Labute approximate surface area is 343 Å². The topological polar surface area (TPSA) is 46.7 Å². The van der Waals surface area contributed by atoms with Crippen LogP contribution in [0.1, 0.15) is 31.9 Å². The average Bonchev–Trinajstić information content (AvgIpc) is 3.93. The van der Waals surface area contributed by atoms with Crippen molar-refractivity contribution in [2.45, 2.75) is 33.1 Å². The number of aryl methyl sites for hydroxylation is 1. The van der Waals surface area contributed by atoms with Gasteiger partial charge in [-0.25, -0.2) is 4.98 Å². The molecule has 0 aliphatic carbocycles. The van der Waals surface area contributed by atoms with Gasteiger partial charge in [0.1, 0.15) is 35.2 Å². The summed E-state index contributed by atoms with van der Waals surface area (Å²) in [7, 11) is 0. The maximum atomic E-state index is 6.92. The van der Waals surface area contributed by atoms with E-state index in [1.165, 1.54) is 16.5 Å². The molecule has 4 heterocycles. The molecule has 0 bridgehead atoms. The fourth-order valence-electron chi connectivity index (χ4n) is 8.83. The van der Waals surface area contributed by atoms with E-state index in [4.69, 9.17) is 14.1 Å². The van der Waals surface area contributed by atoms with Gasteiger partial charge in [-0.05, 0) is 95.8 Å². The Hall–Kier alpha value is -7.31. The molecule has 10 aromatic rings. The van der Waals surface area contributed by atoms with E-state index in [1.54, 1.807) is 0 Å². The predicted octanol–water partition coefficient (Wildman–Crippen LogP) is 14.4. The molecule has 1 aliphatic rings. The predicted molar refractivity (Wildman–Crippen MR) is 243 cm³/mol. The van der Waals surface area contributed by atoms with Gasteiger partial charge in [-0.3, -0.25) is 4.57 Å². The number of para-hydroxylation sites is 4. The minimum Gasteiger partial charge on any atom is -0.457 e. The van der Waals surface area contributed by atoms with Crippen molar-refractivity contribution >= 4 is 66.5 Å². The first-order valence-electron chi connectivity index (χ1n) is 20.2. The Morgan fingerprint density at radius 1 is 0.576 bits per heavy atom. The van der Waals surface area contributed by atoms with Crippen LogP contribution in [-0.2, 0) is 5.41 Å². The summed E-state index contributed by atoms with van der Waals surface area (Å²) in [6.45, 7) is 9.56. The molecule has 6 nitrogen and oxygen atoms in total. The van der Waals surface area contributed by atoms with Crippen LogP contribution in [0.4, 0.5) is 22.7 Å². The first kappa shape index (κ1) is 34.9. The molecule has 0 saturated heterocycles. The molecule has 11 rings (SSSR count). The van der Waals surface area contributed by atoms with Gasteiger partial charge in [-0.1, -0.05) is 106 Å². The highest BCUT2D eigenvalue weighted by molar-refractivity contribution is 6.13. The summed E-state index contributed by atoms with van der Waals surface area (Å²) in [5, 5.41) is 4.56. The number of fused-ring (bicyclic) bond motifs is 7. The smallest absolute Gasteiger partial charge is 0.137 e. The van der Waals surface area contributed by atoms with E-state index in [1.807, 2.05) is 24.4 Å². The van der Waals surface area contributed by atoms with E-state index < -0.39 is 0 Å². The van der Waals surface area contributed by atoms with Crippen molar-refractivity contribution in [1.29, 1.82) is 0 Å². The van der Waals surface area contributed by atoms with Gasteiger partial charge in [0.2, 0.25) is 0 Å². The number of anilines is 4. The normalized spacial score (nSPS) is 12.9. The van der Waals surface area contributed by atoms with Gasteiger partial charge >= 0.3 is 0 Å². The van der Waals surface area contributed by atoms with Crippen LogP contribution in [0.3, 0.4) is 0 Å². The Kier molecular flexibility index (Phi) is 7.92. The number of nitrogens with zero attached hydrogens (tertiary/aromatic N) is 4. The van der Waals surface area contributed by atoms with Gasteiger partial charge in [0.15, 0.2) is 0 Å². The fraction of sp³-hybridized carbons (Fsp3) is 0.113. The van der Waals surface area contributed by atoms with Gasteiger partial charge in [0, 0.05) is 45.7 Å². The molecule has 286 valence electrons. The van der Waals surface area contributed by atoms with Crippen molar-refractivity contribution in [2.75, 3.05) is 16.5 Å². The van der Waals surface area contributed by atoms with Crippen molar-refractivity contribution in [1.82, 2.24) is 9.55 Å². The lowest BCUT2D eigenvalue weighted by molar-refractivity contribution is 0.479. The van der Waals surface area contributed by atoms with E-state index in [-0.39, 0.29) is 5.41 Å². The van der Waals surface area contributed by atoms with Crippen LogP contribution < -0.4 is 14.5 Å². The van der Waals surface area contributed by atoms with Crippen LogP contribution in [0.15, 0.2) is 174 Å². The lowest BCUT2D eigenvalue weighted by Gasteiger charge is -2.26. The molecule has 0 unspecified atom stereocenters. The molecule has 0 amide bonds. The van der Waals surface area contributed by atoms with E-state index in [0.717, 1.165) is 89.6 Å². The van der Waals surface area contributed by atoms with E-state index in [2.05, 4.69) is 188 Å². The Bertz CT molecular complexity index is 3240. The standard InChI is InChI=1S/C53H42N4O2/c1-34-27-51(54-32-43(34)35-15-6-5-7-16-35)57-44-19-10-8-17-40(44)41-26-25-38(31-48(41)57)58-39-29-36(53(2,3)4)28-37(30-39)55-33-56(46-21-12-11-20-45(46)55)47-22-14-24-50-52(47)42-18-9-13-23-49(42)59-50/h5-32H,33H2,1-4H3. The molecule has 0 spiro atoms. The molecule has 6 heteroatoms. The molecule has 0 radical (unpaired) electrons. The van der Waals surface area contributed by atoms with Gasteiger partial charge in [-0.2, -0.15) is 0 Å². The van der Waals surface area contributed by atoms with Gasteiger partial charge < -0.3 is 19.0 Å². The number of ether oxygens (including phenoxy) is 1. The summed E-state index contributed by atoms with van der Waals surface area (Å²) < 4.78 is 15.5. The van der Waals surface area contributed by atoms with Crippen molar-refractivity contribution in [3.63, 3.8) is 0 Å². The molecule has 0 fully saturated rings. The molecule has 59 heavy (non-hydrogen) atoms. The average molecular weight is 767 g/mol. The maximum Gasteiger partial charge on any atom is 0.137 e. The molecule has 3 aromatic heterocycles. The lowest BCUT2D eigenvalue weighted by atomic mass is 9.86. The first-order valence-corrected chi connectivity index (χ1v) is 20.2. The van der Waals surface area contributed by atoms with Crippen molar-refractivity contribution in [3.05, 3.63) is 181 Å². The summed E-state index contributed by atoms with van der Waals surface area (Å²) in [6.07, 6.45) is 2.00. The molecule has 7 aromatic carbocycles. The number of aromatic nitrogens is 2. The van der Waals surface area contributed by atoms with Crippen molar-refractivity contribution < 1.29 is 9.15 Å². The third-order valence-electron chi connectivity index (χ3n) is 11.8. The highest BCUT2D eigenvalue weighted by Crippen LogP contribution is 2.49. The number of rotatable bonds is 6. The molecule has 0 N–H and O–H groups in total. The molecule has 0 saturated carbocycles. The van der Waals surface area contributed by atoms with E-state index >= 15 is 0 Å². The van der Waals surface area contributed by atoms with Gasteiger partial charge in [0.05, 0.1) is 33.5 Å². The van der Waals surface area contributed by atoms with Crippen LogP contribution >= 0.6 is 0 Å². The SMILES string of the molecule is Cc1cc(-n2c3ccccc3c3ccc(Oc4cc(N5CN(c6cccc7oc8ccccc8c67)c6ccccc65)cc(C(C)(C)C)c4)cc32)ncc1-c1ccccc1. The van der Waals surface area contributed by atoms with Gasteiger partial charge in [0.25, 0.3) is 0 Å². The molecular formula is C53H42N4O2. The fourth-order valence-corrected chi connectivity index (χ4v) is 8.83. The second-order valence-corrected chi connectivity index (χ2v) is 16.6. The maximum absolute atomic E-state index is 6.92. The first-order chi connectivity index (χ1) is 28.8. The van der Waals surface area contributed by atoms with E-state index in [9.17, 15) is 0 Å². The van der Waals surface area contributed by atoms with E-state index in [0.29, 0.717) is 6.67 Å². The summed E-state index contributed by atoms with van der Waals surface area (Å²) in [5.74, 6) is 2.42. The highest BCUT2D eigenvalue weighted by Gasteiger charge is 2.31. The summed E-state index contributed by atoms with van der Waals surface area (Å²) in [4.78, 5) is 9.85. The number of furan rings is 1. The summed E-state index contributed by atoms with van der Waals surface area (Å²) >= 11 is 0. The third-order valence-corrected chi connectivity index (χ3v) is 11.8. The zero-order chi connectivity index (χ0) is 39.8. The highest BCUT2D eigenvalue weighted by atomic mass is 16.5. The van der Waals surface area contributed by atoms with Gasteiger partial charge in [-0.15, -0.1) is 0 Å². The van der Waals surface area contributed by atoms with Crippen LogP contribution in [0, 0.1) is 6.92 Å². The number of benzene rings is 7. The number of hydrogen-bond acceptors (Lipinski definition) is 5. The molecular weight excluding hydrogens is 725 g/mol. The number of pyridine rings is 1.